The van der Waals surface area contributed by atoms with Gasteiger partial charge < -0.3 is 10.2 Å². The molecule has 11 heteroatoms. The van der Waals surface area contributed by atoms with Crippen LogP contribution in [0.1, 0.15) is 35.9 Å². The lowest BCUT2D eigenvalue weighted by Crippen LogP contribution is -2.46. The minimum absolute atomic E-state index is 0.0238. The van der Waals surface area contributed by atoms with E-state index in [1.165, 1.54) is 25.1 Å². The molecular weight excluding hydrogens is 547 g/mol. The highest BCUT2D eigenvalue weighted by Gasteiger charge is 2.56. The molecule has 1 saturated heterocycles. The lowest BCUT2D eigenvalue weighted by molar-refractivity contribution is -0.138. The Morgan fingerprint density at radius 3 is 2.61 bits per heavy atom. The van der Waals surface area contributed by atoms with Crippen LogP contribution in [0.5, 0.6) is 0 Å². The lowest BCUT2D eigenvalue weighted by atomic mass is 10.00. The number of nitrogens with one attached hydrogen (secondary N) is 1. The molecule has 2 amide bonds. The van der Waals surface area contributed by atoms with Crippen LogP contribution in [0.2, 0.25) is 5.02 Å². The van der Waals surface area contributed by atoms with Crippen molar-refractivity contribution in [1.82, 2.24) is 24.6 Å². The fourth-order valence-electron chi connectivity index (χ4n) is 5.49. The molecule has 1 aliphatic heterocycles. The number of likely N-dealkylation sites (tertiary alicyclic amines) is 1. The van der Waals surface area contributed by atoms with Crippen LogP contribution in [0.4, 0.5) is 10.1 Å². The summed E-state index contributed by atoms with van der Waals surface area (Å²) in [5.41, 5.74) is 2.29. The van der Waals surface area contributed by atoms with E-state index >= 15 is 4.39 Å². The van der Waals surface area contributed by atoms with E-state index in [4.69, 9.17) is 11.6 Å². The molecule has 4 aromatic rings. The predicted octanol–water partition coefficient (Wildman–Crippen LogP) is 4.94. The number of fused-ring (bicyclic) bond motifs is 1. The third kappa shape index (κ3) is 5.11. The van der Waals surface area contributed by atoms with Gasteiger partial charge in [0.15, 0.2) is 11.6 Å². The topological polar surface area (TPSA) is 110 Å². The summed E-state index contributed by atoms with van der Waals surface area (Å²) >= 11 is 6.34. The van der Waals surface area contributed by atoms with Crippen molar-refractivity contribution in [3.8, 4) is 22.4 Å². The highest BCUT2D eigenvalue weighted by Crippen LogP contribution is 2.48. The molecule has 2 aliphatic rings. The second-order valence-corrected chi connectivity index (χ2v) is 10.8. The molecule has 1 aliphatic carbocycles. The Kier molecular flexibility index (Phi) is 6.86. The highest BCUT2D eigenvalue weighted by molar-refractivity contribution is 6.33. The number of amides is 2. The molecule has 3 heterocycles. The second-order valence-electron chi connectivity index (χ2n) is 10.4. The number of benzene rings is 2. The zero-order valence-electron chi connectivity index (χ0n) is 22.3. The summed E-state index contributed by atoms with van der Waals surface area (Å²) in [6.07, 6.45) is 6.30. The van der Waals surface area contributed by atoms with Crippen LogP contribution in [0.15, 0.2) is 61.1 Å². The van der Waals surface area contributed by atoms with Crippen molar-refractivity contribution in [3.63, 3.8) is 0 Å². The van der Waals surface area contributed by atoms with Crippen LogP contribution >= 0.6 is 11.6 Å². The van der Waals surface area contributed by atoms with Gasteiger partial charge in [0.2, 0.25) is 11.8 Å². The number of Topliss-reactive ketones (excluding diaryl/α,β-unsaturated/α-hetero) is 1. The molecule has 0 spiro atoms. The van der Waals surface area contributed by atoms with E-state index in [-0.39, 0.29) is 46.5 Å². The Morgan fingerprint density at radius 2 is 1.85 bits per heavy atom. The fraction of sp³-hybridized carbons (Fsp3) is 0.267. The van der Waals surface area contributed by atoms with Gasteiger partial charge in [0.25, 0.3) is 0 Å². The Hall–Kier alpha value is -4.44. The number of carbonyl (C=O) groups is 3. The Balaban J connectivity index is 1.21. The van der Waals surface area contributed by atoms with Crippen molar-refractivity contribution in [2.24, 2.45) is 5.92 Å². The largest absolute Gasteiger partial charge is 0.326 e. The van der Waals surface area contributed by atoms with Gasteiger partial charge in [0.1, 0.15) is 18.4 Å². The zero-order valence-corrected chi connectivity index (χ0v) is 23.1. The van der Waals surface area contributed by atoms with Gasteiger partial charge in [0.05, 0.1) is 11.4 Å². The maximum Gasteiger partial charge on any atom is 0.247 e. The van der Waals surface area contributed by atoms with Gasteiger partial charge in [-0.2, -0.15) is 5.10 Å². The van der Waals surface area contributed by atoms with Gasteiger partial charge in [-0.25, -0.2) is 14.4 Å². The monoisotopic (exact) mass is 572 g/mol. The quantitative estimate of drug-likeness (QED) is 0.314. The van der Waals surface area contributed by atoms with Gasteiger partial charge >= 0.3 is 0 Å². The first-order chi connectivity index (χ1) is 19.7. The van der Waals surface area contributed by atoms with Crippen LogP contribution in [-0.2, 0) is 16.1 Å². The first kappa shape index (κ1) is 26.8. The fourth-order valence-corrected chi connectivity index (χ4v) is 5.71. The number of rotatable bonds is 7. The van der Waals surface area contributed by atoms with E-state index in [0.29, 0.717) is 29.1 Å². The van der Waals surface area contributed by atoms with E-state index in [1.807, 2.05) is 0 Å². The summed E-state index contributed by atoms with van der Waals surface area (Å²) in [6, 6.07) is 10.3. The minimum atomic E-state index is -0.736. The maximum absolute atomic E-state index is 15.7. The van der Waals surface area contributed by atoms with Crippen LogP contribution in [-0.4, -0.2) is 54.3 Å². The molecule has 0 unspecified atom stereocenters. The summed E-state index contributed by atoms with van der Waals surface area (Å²) in [5, 5.41) is 7.28. The van der Waals surface area contributed by atoms with Gasteiger partial charge in [-0.15, -0.1) is 0 Å². The van der Waals surface area contributed by atoms with Gasteiger partial charge in [0, 0.05) is 51.9 Å². The molecule has 1 N–H and O–H groups in total. The van der Waals surface area contributed by atoms with E-state index in [0.717, 1.165) is 12.0 Å². The molecule has 6 rings (SSSR count). The van der Waals surface area contributed by atoms with Crippen molar-refractivity contribution in [2.75, 3.05) is 5.32 Å². The van der Waals surface area contributed by atoms with Crippen molar-refractivity contribution in [3.05, 3.63) is 83.3 Å². The highest BCUT2D eigenvalue weighted by atomic mass is 35.5. The normalized spacial score (nSPS) is 19.1. The van der Waals surface area contributed by atoms with E-state index in [1.54, 1.807) is 59.4 Å². The molecular formula is C30H26ClFN6O3. The first-order valence-corrected chi connectivity index (χ1v) is 13.6. The molecule has 2 aromatic carbocycles. The van der Waals surface area contributed by atoms with E-state index < -0.39 is 17.8 Å². The summed E-state index contributed by atoms with van der Waals surface area (Å²) in [6.45, 7) is 3.15. The maximum atomic E-state index is 15.7. The predicted molar refractivity (Wildman–Crippen MR) is 151 cm³/mol. The number of piperidine rings is 1. The number of hydrogen-bond acceptors (Lipinski definition) is 6. The van der Waals surface area contributed by atoms with E-state index in [2.05, 4.69) is 20.4 Å². The number of halogens is 2. The van der Waals surface area contributed by atoms with Crippen LogP contribution in [0.3, 0.4) is 0 Å². The molecule has 3 atom stereocenters. The molecule has 2 aromatic heterocycles. The molecule has 1 saturated carbocycles. The summed E-state index contributed by atoms with van der Waals surface area (Å²) < 4.78 is 17.3. The van der Waals surface area contributed by atoms with E-state index in [9.17, 15) is 14.4 Å². The first-order valence-electron chi connectivity index (χ1n) is 13.2. The third-order valence-corrected chi connectivity index (χ3v) is 8.02. The number of hydrogen-bond donors (Lipinski definition) is 1. The van der Waals surface area contributed by atoms with Gasteiger partial charge in [-0.05, 0) is 62.9 Å². The Bertz CT molecular complexity index is 1690. The average Bonchev–Trinajstić information content (AvgIpc) is 3.37. The Morgan fingerprint density at radius 1 is 1.07 bits per heavy atom. The van der Waals surface area contributed by atoms with Crippen molar-refractivity contribution < 1.29 is 18.8 Å². The number of anilines is 1. The van der Waals surface area contributed by atoms with Crippen molar-refractivity contribution >= 4 is 34.9 Å². The standard InChI is InChI=1S/C30H26ClFN6O3/c1-16(39)18-6-7-23(31)22(10-18)21-4-3-5-24(29(21)32)36-30(41)27-12-19-11-26(19)38(27)28(40)15-37-25(8-9-35-37)20-13-33-17(2)34-14-20/h3-10,13-14,19,26-27H,11-12,15H2,1-2H3,(H,36,41)/t19-,26-,27+/m1/s1. The third-order valence-electron chi connectivity index (χ3n) is 7.69. The Labute approximate surface area is 240 Å². The van der Waals surface area contributed by atoms with Crippen LogP contribution in [0, 0.1) is 18.7 Å². The van der Waals surface area contributed by atoms with Crippen LogP contribution < -0.4 is 5.32 Å². The van der Waals surface area contributed by atoms with Crippen molar-refractivity contribution in [1.29, 1.82) is 0 Å². The molecule has 208 valence electrons. The lowest BCUT2D eigenvalue weighted by Gasteiger charge is -2.27. The SMILES string of the molecule is CC(=O)c1ccc(Cl)c(-c2cccc(NC(=O)[C@@H]3C[C@H]4C[C@H]4N3C(=O)Cn3nccc3-c3cnc(C)nc3)c2F)c1. The molecule has 0 radical (unpaired) electrons. The number of ketones is 1. The molecule has 0 bridgehead atoms. The number of carbonyl (C=O) groups excluding carboxylic acids is 3. The van der Waals surface area contributed by atoms with Crippen LogP contribution in [0.25, 0.3) is 22.4 Å². The average molecular weight is 573 g/mol. The molecule has 41 heavy (non-hydrogen) atoms. The smallest absolute Gasteiger partial charge is 0.247 e. The zero-order chi connectivity index (χ0) is 28.8. The van der Waals surface area contributed by atoms with Gasteiger partial charge in [-0.1, -0.05) is 23.7 Å². The summed E-state index contributed by atoms with van der Waals surface area (Å²) in [5.74, 6) is -0.677. The summed E-state index contributed by atoms with van der Waals surface area (Å²) in [4.78, 5) is 48.9. The summed E-state index contributed by atoms with van der Waals surface area (Å²) in [7, 11) is 0. The number of aryl methyl sites for hydroxylation is 1. The van der Waals surface area contributed by atoms with Crippen molar-refractivity contribution in [2.45, 2.75) is 45.3 Å². The number of aromatic nitrogens is 4. The molecule has 9 nitrogen and oxygen atoms in total. The minimum Gasteiger partial charge on any atom is -0.326 e. The molecule has 2 fully saturated rings. The second kappa shape index (κ2) is 10.5. The van der Waals surface area contributed by atoms with Gasteiger partial charge in [-0.3, -0.25) is 19.1 Å². The number of nitrogens with zero attached hydrogens (tertiary/aromatic N) is 5.